The molecule has 0 radical (unpaired) electrons. The van der Waals surface area contributed by atoms with Crippen LogP contribution in [0, 0.1) is 5.92 Å². The van der Waals surface area contributed by atoms with Crippen LogP contribution in [-0.2, 0) is 38.3 Å². The third-order valence-electron chi connectivity index (χ3n) is 7.18. The number of imide groups is 1. The van der Waals surface area contributed by atoms with E-state index in [9.17, 15) is 24.0 Å². The van der Waals surface area contributed by atoms with Gasteiger partial charge in [0.1, 0.15) is 11.0 Å². The summed E-state index contributed by atoms with van der Waals surface area (Å²) >= 11 is 1.32. The molecule has 1 aliphatic heterocycles. The molecule has 2 aromatic carbocycles. The molecule has 0 spiro atoms. The van der Waals surface area contributed by atoms with Crippen LogP contribution < -0.4 is 5.32 Å². The minimum atomic E-state index is -1.27. The Hall–Kier alpha value is -4.31. The molecule has 0 bridgehead atoms. The zero-order chi connectivity index (χ0) is 28.4. The second kappa shape index (κ2) is 11.4. The van der Waals surface area contributed by atoms with Gasteiger partial charge in [-0.25, -0.2) is 9.59 Å². The van der Waals surface area contributed by atoms with Crippen molar-refractivity contribution in [3.05, 3.63) is 87.3 Å². The van der Waals surface area contributed by atoms with Crippen LogP contribution in [0.3, 0.4) is 0 Å². The fourth-order valence-corrected chi connectivity index (χ4v) is 6.58. The van der Waals surface area contributed by atoms with Crippen LogP contribution in [0.2, 0.25) is 0 Å². The first-order valence-electron chi connectivity index (χ1n) is 13.0. The van der Waals surface area contributed by atoms with Crippen molar-refractivity contribution in [3.63, 3.8) is 0 Å². The lowest BCUT2D eigenvalue weighted by atomic mass is 9.88. The molecule has 0 saturated heterocycles. The Morgan fingerprint density at radius 1 is 1.02 bits per heavy atom. The van der Waals surface area contributed by atoms with Gasteiger partial charge in [0, 0.05) is 11.3 Å². The Morgan fingerprint density at radius 3 is 2.33 bits per heavy atom. The number of esters is 2. The predicted molar refractivity (Wildman–Crippen MR) is 147 cm³/mol. The van der Waals surface area contributed by atoms with E-state index in [-0.39, 0.29) is 17.5 Å². The number of hydrogen-bond donors (Lipinski definition) is 1. The molecule has 0 saturated carbocycles. The summed E-state index contributed by atoms with van der Waals surface area (Å²) in [5.41, 5.74) is 2.36. The second-order valence-corrected chi connectivity index (χ2v) is 11.0. The number of methoxy groups -OCH3 is 1. The number of benzene rings is 2. The lowest BCUT2D eigenvalue weighted by Gasteiger charge is -2.24. The van der Waals surface area contributed by atoms with Gasteiger partial charge in [0.25, 0.3) is 17.7 Å². The zero-order valence-corrected chi connectivity index (χ0v) is 22.9. The highest BCUT2D eigenvalue weighted by molar-refractivity contribution is 7.17. The van der Waals surface area contributed by atoms with Crippen molar-refractivity contribution < 1.29 is 33.4 Å². The summed E-state index contributed by atoms with van der Waals surface area (Å²) < 4.78 is 10.3. The molecule has 1 aromatic heterocycles. The van der Waals surface area contributed by atoms with E-state index >= 15 is 0 Å². The van der Waals surface area contributed by atoms with Gasteiger partial charge in [-0.3, -0.25) is 19.3 Å². The Balaban J connectivity index is 1.33. The van der Waals surface area contributed by atoms with E-state index in [1.165, 1.54) is 30.6 Å². The number of anilines is 1. The summed E-state index contributed by atoms with van der Waals surface area (Å²) in [5.74, 6) is -2.79. The van der Waals surface area contributed by atoms with E-state index in [4.69, 9.17) is 9.47 Å². The first-order valence-corrected chi connectivity index (χ1v) is 13.8. The minimum absolute atomic E-state index is 0.0229. The maximum atomic E-state index is 13.3. The topological polar surface area (TPSA) is 119 Å². The summed E-state index contributed by atoms with van der Waals surface area (Å²) in [5, 5.41) is 3.05. The highest BCUT2D eigenvalue weighted by atomic mass is 32.1. The van der Waals surface area contributed by atoms with Crippen molar-refractivity contribution in [2.75, 3.05) is 19.0 Å². The smallest absolute Gasteiger partial charge is 0.341 e. The fourth-order valence-electron chi connectivity index (χ4n) is 5.16. The number of carbonyl (C=O) groups excluding carboxylic acids is 5. The molecule has 0 fully saturated rings. The number of hydrogen-bond acceptors (Lipinski definition) is 8. The van der Waals surface area contributed by atoms with Crippen LogP contribution in [-0.4, -0.2) is 54.3 Å². The van der Waals surface area contributed by atoms with E-state index in [0.717, 1.165) is 28.2 Å². The average molecular weight is 561 g/mol. The van der Waals surface area contributed by atoms with E-state index in [2.05, 4.69) is 12.2 Å². The molecular formula is C30H28N2O7S. The van der Waals surface area contributed by atoms with Crippen molar-refractivity contribution in [2.45, 2.75) is 38.6 Å². The molecule has 1 aliphatic carbocycles. The van der Waals surface area contributed by atoms with Crippen molar-refractivity contribution in [1.82, 2.24) is 4.90 Å². The van der Waals surface area contributed by atoms with E-state index in [0.29, 0.717) is 28.5 Å². The van der Waals surface area contributed by atoms with Gasteiger partial charge in [-0.05, 0) is 48.4 Å². The molecule has 40 heavy (non-hydrogen) atoms. The number of ether oxygens (including phenoxy) is 2. The molecule has 0 unspecified atom stereocenters. The number of fused-ring (bicyclic) bond motifs is 2. The van der Waals surface area contributed by atoms with Crippen molar-refractivity contribution in [1.29, 1.82) is 0 Å². The third kappa shape index (κ3) is 5.27. The fraction of sp³-hybridized carbons (Fsp3) is 0.300. The number of carbonyl (C=O) groups is 5. The third-order valence-corrected chi connectivity index (χ3v) is 8.35. The van der Waals surface area contributed by atoms with Gasteiger partial charge >= 0.3 is 11.9 Å². The quantitative estimate of drug-likeness (QED) is 0.326. The van der Waals surface area contributed by atoms with Crippen molar-refractivity contribution >= 4 is 46.0 Å². The van der Waals surface area contributed by atoms with Crippen LogP contribution in [0.4, 0.5) is 5.00 Å². The Kier molecular flexibility index (Phi) is 7.79. The molecule has 2 aliphatic rings. The van der Waals surface area contributed by atoms with Crippen LogP contribution in [0.15, 0.2) is 54.6 Å². The minimum Gasteiger partial charge on any atom is -0.465 e. The first kappa shape index (κ1) is 27.3. The second-order valence-electron chi connectivity index (χ2n) is 9.93. The molecular weight excluding hydrogens is 532 g/mol. The van der Waals surface area contributed by atoms with Crippen LogP contribution in [0.1, 0.15) is 60.4 Å². The summed E-state index contributed by atoms with van der Waals surface area (Å²) in [6, 6.07) is 14.0. The van der Waals surface area contributed by atoms with Crippen LogP contribution >= 0.6 is 11.3 Å². The first-order chi connectivity index (χ1) is 19.3. The SMILES string of the molecule is COC(=O)c1c(NC(=O)COC(=O)[C@@H](Cc2ccccc2)N2C(=O)c3ccccc3C2=O)sc2c1CC[C@@H](C)C2. The summed E-state index contributed by atoms with van der Waals surface area (Å²) in [4.78, 5) is 67.0. The van der Waals surface area contributed by atoms with Crippen LogP contribution in [0.5, 0.6) is 0 Å². The normalized spacial score (nSPS) is 16.6. The monoisotopic (exact) mass is 560 g/mol. The number of thiophene rings is 1. The molecule has 10 heteroatoms. The number of nitrogens with zero attached hydrogens (tertiary/aromatic N) is 1. The van der Waals surface area contributed by atoms with Gasteiger partial charge in [0.2, 0.25) is 0 Å². The summed E-state index contributed by atoms with van der Waals surface area (Å²) in [6.07, 6.45) is 2.47. The number of nitrogens with one attached hydrogen (secondary N) is 1. The van der Waals surface area contributed by atoms with Gasteiger partial charge < -0.3 is 14.8 Å². The van der Waals surface area contributed by atoms with Gasteiger partial charge in [-0.2, -0.15) is 0 Å². The molecule has 2 heterocycles. The maximum Gasteiger partial charge on any atom is 0.341 e. The maximum absolute atomic E-state index is 13.3. The molecule has 206 valence electrons. The molecule has 5 rings (SSSR count). The largest absolute Gasteiger partial charge is 0.465 e. The lowest BCUT2D eigenvalue weighted by Crippen LogP contribution is -2.47. The number of rotatable bonds is 8. The van der Waals surface area contributed by atoms with E-state index < -0.39 is 42.3 Å². The van der Waals surface area contributed by atoms with E-state index in [1.54, 1.807) is 36.4 Å². The highest BCUT2D eigenvalue weighted by Gasteiger charge is 2.43. The summed E-state index contributed by atoms with van der Waals surface area (Å²) in [7, 11) is 1.29. The van der Waals surface area contributed by atoms with Gasteiger partial charge in [0.15, 0.2) is 6.61 Å². The lowest BCUT2D eigenvalue weighted by molar-refractivity contribution is -0.151. The van der Waals surface area contributed by atoms with Crippen molar-refractivity contribution in [2.24, 2.45) is 5.92 Å². The molecule has 9 nitrogen and oxygen atoms in total. The zero-order valence-electron chi connectivity index (χ0n) is 22.1. The van der Waals surface area contributed by atoms with Gasteiger partial charge in [-0.15, -0.1) is 11.3 Å². The molecule has 2 atom stereocenters. The number of amides is 3. The van der Waals surface area contributed by atoms with Gasteiger partial charge in [-0.1, -0.05) is 49.4 Å². The average Bonchev–Trinajstić information content (AvgIpc) is 3.43. The molecule has 1 N–H and O–H groups in total. The highest BCUT2D eigenvalue weighted by Crippen LogP contribution is 2.40. The Labute approximate surface area is 235 Å². The van der Waals surface area contributed by atoms with Crippen molar-refractivity contribution in [3.8, 4) is 0 Å². The Morgan fingerprint density at radius 2 is 1.68 bits per heavy atom. The summed E-state index contributed by atoms with van der Waals surface area (Å²) in [6.45, 7) is 1.48. The molecule has 3 aromatic rings. The molecule has 3 amide bonds. The van der Waals surface area contributed by atoms with E-state index in [1.807, 2.05) is 6.07 Å². The predicted octanol–water partition coefficient (Wildman–Crippen LogP) is 4.05. The van der Waals surface area contributed by atoms with Crippen LogP contribution in [0.25, 0.3) is 0 Å². The Bertz CT molecular complexity index is 1460. The standard InChI is InChI=1S/C30H28N2O7S/c1-17-12-13-21-23(14-17)40-26(25(21)30(37)38-2)31-24(33)16-39-29(36)22(15-18-8-4-3-5-9-18)32-27(34)19-10-6-7-11-20(19)28(32)35/h3-11,17,22H,12-16H2,1-2H3,(H,31,33)/t17-,22-/m1/s1. The van der Waals surface area contributed by atoms with Gasteiger partial charge in [0.05, 0.1) is 23.8 Å².